The minimum Gasteiger partial charge on any atom is -0.497 e. The van der Waals surface area contributed by atoms with Crippen LogP contribution in [0.4, 0.5) is 5.69 Å². The van der Waals surface area contributed by atoms with E-state index in [1.165, 1.54) is 7.11 Å². The molecule has 9 heteroatoms. The molecule has 0 atom stereocenters. The highest BCUT2D eigenvalue weighted by Gasteiger charge is 2.54. The summed E-state index contributed by atoms with van der Waals surface area (Å²) in [5, 5.41) is 2.87. The van der Waals surface area contributed by atoms with Crippen molar-refractivity contribution >= 4 is 23.4 Å². The van der Waals surface area contributed by atoms with Crippen LogP contribution in [-0.4, -0.2) is 79.6 Å². The molecule has 2 saturated heterocycles. The van der Waals surface area contributed by atoms with E-state index in [-0.39, 0.29) is 30.3 Å². The smallest absolute Gasteiger partial charge is 0.257 e. The Morgan fingerprint density at radius 1 is 1.03 bits per heavy atom. The standard InChI is InChI=1S/C27H34N4O5/c1-19(2)28-24(32)17-30-18-31(20-8-6-5-7-9-20)27(26(30)34)12-14-29(15-13-27)25(33)22-11-10-21(35-3)16-23(22)36-4/h5-11,16,19H,12-15,17-18H2,1-4H3,(H,28,32). The van der Waals surface area contributed by atoms with E-state index in [1.54, 1.807) is 35.1 Å². The van der Waals surface area contributed by atoms with E-state index in [0.717, 1.165) is 5.69 Å². The Hall–Kier alpha value is -3.75. The van der Waals surface area contributed by atoms with Crippen molar-refractivity contribution in [1.82, 2.24) is 15.1 Å². The Morgan fingerprint density at radius 2 is 1.72 bits per heavy atom. The summed E-state index contributed by atoms with van der Waals surface area (Å²) in [6, 6.07) is 14.9. The van der Waals surface area contributed by atoms with Crippen molar-refractivity contribution in [3.63, 3.8) is 0 Å². The highest BCUT2D eigenvalue weighted by molar-refractivity contribution is 5.99. The maximum Gasteiger partial charge on any atom is 0.257 e. The Bertz CT molecular complexity index is 1110. The zero-order valence-corrected chi connectivity index (χ0v) is 21.3. The molecule has 4 rings (SSSR count). The molecule has 3 amide bonds. The minimum atomic E-state index is -0.805. The van der Waals surface area contributed by atoms with Gasteiger partial charge in [-0.3, -0.25) is 14.4 Å². The first kappa shape index (κ1) is 25.3. The summed E-state index contributed by atoms with van der Waals surface area (Å²) in [5.41, 5.74) is 0.577. The van der Waals surface area contributed by atoms with Crippen LogP contribution in [0.5, 0.6) is 11.5 Å². The molecule has 0 saturated carbocycles. The second-order valence-electron chi connectivity index (χ2n) is 9.52. The van der Waals surface area contributed by atoms with Gasteiger partial charge in [-0.1, -0.05) is 18.2 Å². The molecule has 192 valence electrons. The molecule has 1 spiro atoms. The highest BCUT2D eigenvalue weighted by Crippen LogP contribution is 2.40. The quantitative estimate of drug-likeness (QED) is 0.636. The number of ether oxygens (including phenoxy) is 2. The summed E-state index contributed by atoms with van der Waals surface area (Å²) >= 11 is 0. The topological polar surface area (TPSA) is 91.4 Å². The number of carbonyl (C=O) groups excluding carboxylic acids is 3. The van der Waals surface area contributed by atoms with Crippen LogP contribution < -0.4 is 19.7 Å². The summed E-state index contributed by atoms with van der Waals surface area (Å²) in [5.74, 6) is 0.665. The molecule has 0 bridgehead atoms. The lowest BCUT2D eigenvalue weighted by Crippen LogP contribution is -2.57. The maximum atomic E-state index is 13.8. The number of amides is 3. The van der Waals surface area contributed by atoms with Crippen LogP contribution >= 0.6 is 0 Å². The first-order valence-electron chi connectivity index (χ1n) is 12.2. The lowest BCUT2D eigenvalue weighted by molar-refractivity contribution is -0.137. The van der Waals surface area contributed by atoms with Crippen LogP contribution in [0.3, 0.4) is 0 Å². The lowest BCUT2D eigenvalue weighted by atomic mass is 9.85. The van der Waals surface area contributed by atoms with Crippen molar-refractivity contribution in [2.24, 2.45) is 0 Å². The van der Waals surface area contributed by atoms with E-state index in [4.69, 9.17) is 9.47 Å². The second-order valence-corrected chi connectivity index (χ2v) is 9.52. The number of hydrogen-bond donors (Lipinski definition) is 1. The molecule has 2 heterocycles. The number of rotatable bonds is 7. The first-order valence-corrected chi connectivity index (χ1v) is 12.2. The fourth-order valence-electron chi connectivity index (χ4n) is 5.09. The van der Waals surface area contributed by atoms with Crippen molar-refractivity contribution in [2.45, 2.75) is 38.3 Å². The monoisotopic (exact) mass is 494 g/mol. The number of carbonyl (C=O) groups is 3. The van der Waals surface area contributed by atoms with Gasteiger partial charge in [0.05, 0.1) is 26.5 Å². The number of piperidine rings is 1. The Balaban J connectivity index is 1.55. The number of anilines is 1. The number of nitrogens with one attached hydrogen (secondary N) is 1. The lowest BCUT2D eigenvalue weighted by Gasteiger charge is -2.43. The van der Waals surface area contributed by atoms with Crippen LogP contribution in [0.1, 0.15) is 37.0 Å². The Labute approximate surface area is 211 Å². The molecule has 2 aliphatic heterocycles. The van der Waals surface area contributed by atoms with Crippen LogP contribution in [0.15, 0.2) is 48.5 Å². The molecular formula is C27H34N4O5. The van der Waals surface area contributed by atoms with Crippen molar-refractivity contribution in [2.75, 3.05) is 45.4 Å². The number of methoxy groups -OCH3 is 2. The zero-order valence-electron chi connectivity index (χ0n) is 21.3. The van der Waals surface area contributed by atoms with E-state index in [9.17, 15) is 14.4 Å². The number of benzene rings is 2. The van der Waals surface area contributed by atoms with Gasteiger partial charge in [0.2, 0.25) is 5.91 Å². The van der Waals surface area contributed by atoms with Gasteiger partial charge < -0.3 is 29.5 Å². The molecule has 2 aromatic carbocycles. The molecule has 2 aromatic rings. The van der Waals surface area contributed by atoms with Crippen LogP contribution in [0.25, 0.3) is 0 Å². The number of hydrogen-bond acceptors (Lipinski definition) is 6. The molecule has 0 unspecified atom stereocenters. The van der Waals surface area contributed by atoms with Crippen molar-refractivity contribution in [3.8, 4) is 11.5 Å². The van der Waals surface area contributed by atoms with Crippen molar-refractivity contribution in [1.29, 1.82) is 0 Å². The number of nitrogens with zero attached hydrogens (tertiary/aromatic N) is 3. The molecule has 2 fully saturated rings. The molecular weight excluding hydrogens is 460 g/mol. The summed E-state index contributed by atoms with van der Waals surface area (Å²) in [7, 11) is 3.09. The van der Waals surface area contributed by atoms with Gasteiger partial charge >= 0.3 is 0 Å². The fraction of sp³-hybridized carbons (Fsp3) is 0.444. The van der Waals surface area contributed by atoms with Gasteiger partial charge in [0.25, 0.3) is 11.8 Å². The van der Waals surface area contributed by atoms with Crippen LogP contribution in [0.2, 0.25) is 0 Å². The van der Waals surface area contributed by atoms with E-state index < -0.39 is 5.54 Å². The maximum absolute atomic E-state index is 13.8. The van der Waals surface area contributed by atoms with Crippen molar-refractivity contribution in [3.05, 3.63) is 54.1 Å². The first-order chi connectivity index (χ1) is 17.3. The molecule has 0 radical (unpaired) electrons. The Kier molecular flexibility index (Phi) is 7.37. The second kappa shape index (κ2) is 10.5. The molecule has 9 nitrogen and oxygen atoms in total. The van der Waals surface area contributed by atoms with E-state index in [0.29, 0.717) is 49.7 Å². The van der Waals surface area contributed by atoms with Gasteiger partial charge in [0, 0.05) is 30.9 Å². The van der Waals surface area contributed by atoms with Gasteiger partial charge in [-0.25, -0.2) is 0 Å². The summed E-state index contributed by atoms with van der Waals surface area (Å²) < 4.78 is 10.7. The van der Waals surface area contributed by atoms with Crippen LogP contribution in [0, 0.1) is 0 Å². The van der Waals surface area contributed by atoms with Gasteiger partial charge in [0.15, 0.2) is 0 Å². The van der Waals surface area contributed by atoms with E-state index in [2.05, 4.69) is 10.2 Å². The summed E-state index contributed by atoms with van der Waals surface area (Å²) in [4.78, 5) is 45.1. The molecule has 1 N–H and O–H groups in total. The van der Waals surface area contributed by atoms with Gasteiger partial charge in [-0.2, -0.15) is 0 Å². The molecule has 0 aromatic heterocycles. The van der Waals surface area contributed by atoms with E-state index >= 15 is 0 Å². The van der Waals surface area contributed by atoms with E-state index in [1.807, 2.05) is 44.2 Å². The van der Waals surface area contributed by atoms with Gasteiger partial charge in [0.1, 0.15) is 23.6 Å². The van der Waals surface area contributed by atoms with Gasteiger partial charge in [-0.05, 0) is 51.0 Å². The number of para-hydroxylation sites is 1. The minimum absolute atomic E-state index is 0.00131. The predicted octanol–water partition coefficient (Wildman–Crippen LogP) is 2.51. The highest BCUT2D eigenvalue weighted by atomic mass is 16.5. The van der Waals surface area contributed by atoms with Gasteiger partial charge in [-0.15, -0.1) is 0 Å². The summed E-state index contributed by atoms with van der Waals surface area (Å²) in [6.07, 6.45) is 0.931. The third-order valence-electron chi connectivity index (χ3n) is 6.88. The van der Waals surface area contributed by atoms with Crippen LogP contribution in [-0.2, 0) is 9.59 Å². The third kappa shape index (κ3) is 4.82. The normalized spacial score (nSPS) is 17.0. The third-order valence-corrected chi connectivity index (χ3v) is 6.88. The predicted molar refractivity (Wildman–Crippen MR) is 136 cm³/mol. The zero-order chi connectivity index (χ0) is 25.9. The number of likely N-dealkylation sites (tertiary alicyclic amines) is 1. The molecule has 2 aliphatic rings. The SMILES string of the molecule is COc1ccc(C(=O)N2CCC3(CC2)C(=O)N(CC(=O)NC(C)C)CN3c2ccccc2)c(OC)c1. The molecule has 36 heavy (non-hydrogen) atoms. The largest absolute Gasteiger partial charge is 0.497 e. The summed E-state index contributed by atoms with van der Waals surface area (Å²) in [6.45, 7) is 4.95. The fourth-order valence-corrected chi connectivity index (χ4v) is 5.09. The van der Waals surface area contributed by atoms with Crippen molar-refractivity contribution < 1.29 is 23.9 Å². The average Bonchev–Trinajstić information content (AvgIpc) is 3.14. The average molecular weight is 495 g/mol. The Morgan fingerprint density at radius 3 is 2.33 bits per heavy atom. The molecule has 0 aliphatic carbocycles.